The molecule has 0 saturated heterocycles. The van der Waals surface area contributed by atoms with E-state index >= 15 is 0 Å². The van der Waals surface area contributed by atoms with Gasteiger partial charge in [-0.05, 0) is 59.8 Å². The van der Waals surface area contributed by atoms with Crippen LogP contribution in [0.2, 0.25) is 5.15 Å². The van der Waals surface area contributed by atoms with Gasteiger partial charge < -0.3 is 10.1 Å². The van der Waals surface area contributed by atoms with Gasteiger partial charge in [0, 0.05) is 10.5 Å². The van der Waals surface area contributed by atoms with Crippen molar-refractivity contribution in [2.45, 2.75) is 37.8 Å². The van der Waals surface area contributed by atoms with E-state index in [0.29, 0.717) is 5.56 Å². The summed E-state index contributed by atoms with van der Waals surface area (Å²) in [7, 11) is 0. The predicted molar refractivity (Wildman–Crippen MR) is 100 cm³/mol. The maximum absolute atomic E-state index is 12.2. The van der Waals surface area contributed by atoms with Crippen LogP contribution in [0, 0.1) is 11.3 Å². The summed E-state index contributed by atoms with van der Waals surface area (Å²) >= 11 is 9.05. The first-order chi connectivity index (χ1) is 12.5. The molecule has 0 radical (unpaired) electrons. The summed E-state index contributed by atoms with van der Waals surface area (Å²) in [4.78, 5) is 20.0. The topological polar surface area (TPSA) is 87.9 Å². The van der Waals surface area contributed by atoms with E-state index in [4.69, 9.17) is 21.6 Å². The summed E-state index contributed by atoms with van der Waals surface area (Å²) in [6.07, 6.45) is 6.16. The average Bonchev–Trinajstić information content (AvgIpc) is 2.64. The fraction of sp³-hybridized carbons (Fsp3) is 0.333. The number of nitrogens with zero attached hydrogens (tertiary/aromatic N) is 3. The van der Waals surface area contributed by atoms with Gasteiger partial charge in [0.15, 0.2) is 0 Å². The minimum atomic E-state index is -0.241. The van der Waals surface area contributed by atoms with Crippen LogP contribution in [0.1, 0.15) is 41.7 Å². The van der Waals surface area contributed by atoms with E-state index in [-0.39, 0.29) is 28.9 Å². The molecule has 6 nitrogen and oxygen atoms in total. The van der Waals surface area contributed by atoms with Crippen LogP contribution in [-0.4, -0.2) is 28.0 Å². The van der Waals surface area contributed by atoms with Crippen molar-refractivity contribution < 1.29 is 9.53 Å². The van der Waals surface area contributed by atoms with Crippen molar-refractivity contribution in [1.29, 1.82) is 5.26 Å². The van der Waals surface area contributed by atoms with E-state index in [2.05, 4.69) is 37.3 Å². The lowest BCUT2D eigenvalue weighted by molar-refractivity contribution is 0.0888. The fourth-order valence-electron chi connectivity index (χ4n) is 2.87. The molecular weight excluding hydrogens is 420 g/mol. The van der Waals surface area contributed by atoms with Crippen molar-refractivity contribution in [3.05, 3.63) is 51.5 Å². The molecule has 1 aromatic heterocycles. The number of ether oxygens (including phenoxy) is 1. The van der Waals surface area contributed by atoms with Gasteiger partial charge in [0.25, 0.3) is 5.91 Å². The van der Waals surface area contributed by atoms with E-state index < -0.39 is 0 Å². The Morgan fingerprint density at radius 2 is 2.04 bits per heavy atom. The molecule has 1 saturated carbocycles. The van der Waals surface area contributed by atoms with Gasteiger partial charge in [0.05, 0.1) is 24.1 Å². The van der Waals surface area contributed by atoms with Crippen LogP contribution in [0.4, 0.5) is 0 Å². The molecule has 1 aliphatic carbocycles. The number of nitrogens with one attached hydrogen (secondary N) is 1. The van der Waals surface area contributed by atoms with Crippen molar-refractivity contribution in [1.82, 2.24) is 15.3 Å². The van der Waals surface area contributed by atoms with Crippen LogP contribution in [0.3, 0.4) is 0 Å². The molecule has 134 valence electrons. The number of aromatic nitrogens is 2. The monoisotopic (exact) mass is 434 g/mol. The van der Waals surface area contributed by atoms with Crippen molar-refractivity contribution in [3.8, 4) is 11.8 Å². The van der Waals surface area contributed by atoms with Gasteiger partial charge >= 0.3 is 0 Å². The van der Waals surface area contributed by atoms with Gasteiger partial charge in [-0.15, -0.1) is 0 Å². The number of carbonyl (C=O) groups is 1. The highest BCUT2D eigenvalue weighted by Gasteiger charge is 2.24. The molecule has 0 atom stereocenters. The molecule has 1 N–H and O–H groups in total. The van der Waals surface area contributed by atoms with Crippen molar-refractivity contribution >= 4 is 33.4 Å². The molecule has 0 unspecified atom stereocenters. The molecule has 0 spiro atoms. The quantitative estimate of drug-likeness (QED) is 0.787. The van der Waals surface area contributed by atoms with Crippen molar-refractivity contribution in [3.63, 3.8) is 0 Å². The normalized spacial score (nSPS) is 19.4. The second kappa shape index (κ2) is 8.47. The van der Waals surface area contributed by atoms with E-state index in [9.17, 15) is 4.79 Å². The van der Waals surface area contributed by atoms with Crippen LogP contribution in [0.15, 0.2) is 35.1 Å². The van der Waals surface area contributed by atoms with Crippen LogP contribution < -0.4 is 10.1 Å². The predicted octanol–water partition coefficient (Wildman–Crippen LogP) is 3.88. The summed E-state index contributed by atoms with van der Waals surface area (Å²) in [5.41, 5.74) is 0.837. The van der Waals surface area contributed by atoms with Gasteiger partial charge in [-0.3, -0.25) is 4.79 Å². The zero-order chi connectivity index (χ0) is 18.5. The second-order valence-corrected chi connectivity index (χ2v) is 7.28. The van der Waals surface area contributed by atoms with Gasteiger partial charge in [-0.25, -0.2) is 9.97 Å². The Balaban J connectivity index is 1.49. The number of hydrogen-bond donors (Lipinski definition) is 1. The first-order valence-electron chi connectivity index (χ1n) is 8.20. The van der Waals surface area contributed by atoms with Crippen LogP contribution in [0.5, 0.6) is 5.75 Å². The molecule has 3 rings (SSSR count). The third-order valence-electron chi connectivity index (χ3n) is 4.23. The molecule has 0 aliphatic heterocycles. The van der Waals surface area contributed by atoms with Crippen LogP contribution in [-0.2, 0) is 0 Å². The Bertz CT molecular complexity index is 830. The van der Waals surface area contributed by atoms with Gasteiger partial charge in [0.1, 0.15) is 22.7 Å². The molecule has 1 heterocycles. The lowest BCUT2D eigenvalue weighted by atomic mass is 9.93. The number of rotatable bonds is 4. The maximum atomic E-state index is 12.2. The zero-order valence-corrected chi connectivity index (χ0v) is 16.1. The summed E-state index contributed by atoms with van der Waals surface area (Å²) in [5, 5.41) is 12.2. The minimum absolute atomic E-state index is 0.0903. The number of nitriles is 1. The molecule has 1 aliphatic rings. The third-order valence-corrected chi connectivity index (χ3v) is 5.08. The van der Waals surface area contributed by atoms with E-state index in [1.807, 2.05) is 6.07 Å². The lowest BCUT2D eigenvalue weighted by Crippen LogP contribution is -2.40. The highest BCUT2D eigenvalue weighted by Crippen LogP contribution is 2.27. The number of benzene rings is 1. The SMILES string of the molecule is N#Cc1ccc(O[C@H]2CC[C@H](NC(=O)c3cnc(Cl)cn3)CC2)cc1Br. The molecule has 26 heavy (non-hydrogen) atoms. The Kier molecular flexibility index (Phi) is 6.07. The first kappa shape index (κ1) is 18.6. The van der Waals surface area contributed by atoms with Crippen molar-refractivity contribution in [2.75, 3.05) is 0 Å². The number of amides is 1. The van der Waals surface area contributed by atoms with Gasteiger partial charge in [-0.2, -0.15) is 5.26 Å². The molecule has 1 amide bonds. The van der Waals surface area contributed by atoms with Gasteiger partial charge in [-0.1, -0.05) is 11.6 Å². The minimum Gasteiger partial charge on any atom is -0.490 e. The Morgan fingerprint density at radius 3 is 2.65 bits per heavy atom. The lowest BCUT2D eigenvalue weighted by Gasteiger charge is -2.29. The number of halogens is 2. The Hall–Kier alpha value is -2.17. The van der Waals surface area contributed by atoms with Crippen molar-refractivity contribution in [2.24, 2.45) is 0 Å². The summed E-state index contributed by atoms with van der Waals surface area (Å²) < 4.78 is 6.72. The molecule has 2 aromatic rings. The highest BCUT2D eigenvalue weighted by molar-refractivity contribution is 9.10. The Labute approximate surface area is 164 Å². The van der Waals surface area contributed by atoms with Gasteiger partial charge in [0.2, 0.25) is 0 Å². The zero-order valence-electron chi connectivity index (χ0n) is 13.8. The number of hydrogen-bond acceptors (Lipinski definition) is 5. The maximum Gasteiger partial charge on any atom is 0.271 e. The van der Waals surface area contributed by atoms with E-state index in [1.165, 1.54) is 12.4 Å². The molecule has 1 aromatic carbocycles. The smallest absolute Gasteiger partial charge is 0.271 e. The van der Waals surface area contributed by atoms with E-state index in [1.54, 1.807) is 12.1 Å². The fourth-order valence-corrected chi connectivity index (χ4v) is 3.41. The summed E-state index contributed by atoms with van der Waals surface area (Å²) in [6.45, 7) is 0. The summed E-state index contributed by atoms with van der Waals surface area (Å²) in [6, 6.07) is 7.55. The molecule has 1 fully saturated rings. The molecule has 8 heteroatoms. The Morgan fingerprint density at radius 1 is 1.27 bits per heavy atom. The summed E-state index contributed by atoms with van der Waals surface area (Å²) in [5.74, 6) is 0.495. The molecular formula is C18H16BrClN4O2. The average molecular weight is 436 g/mol. The van der Waals surface area contributed by atoms with E-state index in [0.717, 1.165) is 35.9 Å². The second-order valence-electron chi connectivity index (χ2n) is 6.04. The first-order valence-corrected chi connectivity index (χ1v) is 9.37. The highest BCUT2D eigenvalue weighted by atomic mass is 79.9. The van der Waals surface area contributed by atoms with Crippen LogP contribution in [0.25, 0.3) is 0 Å². The standard InChI is InChI=1S/C18H16BrClN4O2/c19-15-7-14(4-1-11(15)8-21)26-13-5-2-12(3-6-13)24-18(25)16-9-23-17(20)10-22-16/h1,4,7,9-10,12-13H,2-3,5-6H2,(H,24,25)/t12-,13-. The number of carbonyl (C=O) groups excluding carboxylic acids is 1. The largest absolute Gasteiger partial charge is 0.490 e. The third kappa shape index (κ3) is 4.71. The molecule has 0 bridgehead atoms. The van der Waals surface area contributed by atoms with Crippen LogP contribution >= 0.6 is 27.5 Å².